The van der Waals surface area contributed by atoms with Gasteiger partial charge in [-0.3, -0.25) is 0 Å². The Balaban J connectivity index is 2.21. The molecule has 2 heteroatoms. The van der Waals surface area contributed by atoms with Gasteiger partial charge in [0.25, 0.3) is 0 Å². The van der Waals surface area contributed by atoms with Gasteiger partial charge in [-0.25, -0.2) is 0 Å². The van der Waals surface area contributed by atoms with Gasteiger partial charge >= 0.3 is 0 Å². The molecule has 1 fully saturated rings. The topological polar surface area (TPSA) is 29.1 Å². The molecule has 1 heterocycles. The van der Waals surface area contributed by atoms with E-state index in [1.165, 1.54) is 6.42 Å². The molecular formula is C7H13NO. The Morgan fingerprint density at radius 2 is 2.56 bits per heavy atom. The summed E-state index contributed by atoms with van der Waals surface area (Å²) in [6.07, 6.45) is 2.92. The van der Waals surface area contributed by atoms with Crippen LogP contribution in [0.25, 0.3) is 0 Å². The molecule has 52 valence electrons. The van der Waals surface area contributed by atoms with Crippen molar-refractivity contribution in [3.8, 4) is 0 Å². The van der Waals surface area contributed by atoms with Gasteiger partial charge in [0.2, 0.25) is 0 Å². The molecule has 1 N–H and O–H groups in total. The SMILES string of the molecule is CC1CC(CC=O)CN1. The van der Waals surface area contributed by atoms with Crippen LogP contribution in [0.1, 0.15) is 19.8 Å². The molecule has 0 bridgehead atoms. The second-order valence-corrected chi connectivity index (χ2v) is 2.81. The van der Waals surface area contributed by atoms with E-state index in [0.29, 0.717) is 12.0 Å². The Labute approximate surface area is 55.6 Å². The number of carbonyl (C=O) groups is 1. The fourth-order valence-corrected chi connectivity index (χ4v) is 1.35. The second kappa shape index (κ2) is 2.97. The van der Waals surface area contributed by atoms with Crippen molar-refractivity contribution in [1.29, 1.82) is 0 Å². The van der Waals surface area contributed by atoms with Crippen molar-refractivity contribution in [1.82, 2.24) is 5.32 Å². The predicted octanol–water partition coefficient (Wildman–Crippen LogP) is 0.573. The molecule has 2 atom stereocenters. The summed E-state index contributed by atoms with van der Waals surface area (Å²) in [5, 5.41) is 3.30. The van der Waals surface area contributed by atoms with E-state index >= 15 is 0 Å². The minimum atomic E-state index is 0.609. The number of nitrogens with one attached hydrogen (secondary N) is 1. The summed E-state index contributed by atoms with van der Waals surface area (Å²) in [6, 6.07) is 0.620. The number of hydrogen-bond donors (Lipinski definition) is 1. The molecule has 2 unspecified atom stereocenters. The van der Waals surface area contributed by atoms with E-state index in [1.807, 2.05) is 0 Å². The van der Waals surface area contributed by atoms with Crippen LogP contribution in [-0.2, 0) is 4.79 Å². The van der Waals surface area contributed by atoms with E-state index < -0.39 is 0 Å². The smallest absolute Gasteiger partial charge is 0.120 e. The number of carbonyl (C=O) groups excluding carboxylic acids is 1. The van der Waals surface area contributed by atoms with Gasteiger partial charge in [-0.2, -0.15) is 0 Å². The largest absolute Gasteiger partial charge is 0.314 e. The maximum Gasteiger partial charge on any atom is 0.120 e. The maximum atomic E-state index is 10.0. The molecule has 1 saturated heterocycles. The van der Waals surface area contributed by atoms with Gasteiger partial charge in [0.15, 0.2) is 0 Å². The lowest BCUT2D eigenvalue weighted by atomic mass is 10.0. The Morgan fingerprint density at radius 1 is 1.78 bits per heavy atom. The molecule has 0 radical (unpaired) electrons. The first-order valence-corrected chi connectivity index (χ1v) is 3.50. The van der Waals surface area contributed by atoms with E-state index in [0.717, 1.165) is 19.3 Å². The highest BCUT2D eigenvalue weighted by Crippen LogP contribution is 2.15. The van der Waals surface area contributed by atoms with E-state index in [2.05, 4.69) is 12.2 Å². The molecule has 1 rings (SSSR count). The van der Waals surface area contributed by atoms with Crippen molar-refractivity contribution >= 4 is 6.29 Å². The quantitative estimate of drug-likeness (QED) is 0.549. The Bertz CT molecular complexity index is 103. The van der Waals surface area contributed by atoms with Gasteiger partial charge in [0.1, 0.15) is 6.29 Å². The molecule has 0 saturated carbocycles. The summed E-state index contributed by atoms with van der Waals surface area (Å²) in [5.41, 5.74) is 0. The van der Waals surface area contributed by atoms with Gasteiger partial charge in [-0.05, 0) is 25.8 Å². The van der Waals surface area contributed by atoms with Crippen LogP contribution in [0.4, 0.5) is 0 Å². The average Bonchev–Trinajstić information content (AvgIpc) is 2.17. The van der Waals surface area contributed by atoms with E-state index in [9.17, 15) is 4.79 Å². The van der Waals surface area contributed by atoms with Crippen molar-refractivity contribution in [3.05, 3.63) is 0 Å². The van der Waals surface area contributed by atoms with Crippen LogP contribution in [0.2, 0.25) is 0 Å². The van der Waals surface area contributed by atoms with Crippen LogP contribution in [0, 0.1) is 5.92 Å². The van der Waals surface area contributed by atoms with E-state index in [4.69, 9.17) is 0 Å². The van der Waals surface area contributed by atoms with E-state index in [1.54, 1.807) is 0 Å². The second-order valence-electron chi connectivity index (χ2n) is 2.81. The molecule has 0 amide bonds. The highest BCUT2D eigenvalue weighted by atomic mass is 16.1. The van der Waals surface area contributed by atoms with Crippen molar-refractivity contribution < 1.29 is 4.79 Å². The van der Waals surface area contributed by atoms with E-state index in [-0.39, 0.29) is 0 Å². The molecule has 1 aliphatic heterocycles. The third kappa shape index (κ3) is 1.79. The van der Waals surface area contributed by atoms with Crippen LogP contribution in [0.5, 0.6) is 0 Å². The monoisotopic (exact) mass is 127 g/mol. The van der Waals surface area contributed by atoms with Crippen molar-refractivity contribution in [3.63, 3.8) is 0 Å². The van der Waals surface area contributed by atoms with Crippen LogP contribution < -0.4 is 5.32 Å². The summed E-state index contributed by atoms with van der Waals surface area (Å²) in [6.45, 7) is 3.19. The van der Waals surface area contributed by atoms with Crippen LogP contribution in [0.3, 0.4) is 0 Å². The maximum absolute atomic E-state index is 10.0. The molecule has 0 aliphatic carbocycles. The first-order valence-electron chi connectivity index (χ1n) is 3.50. The molecule has 0 aromatic rings. The predicted molar refractivity (Wildman–Crippen MR) is 36.3 cm³/mol. The molecule has 2 nitrogen and oxygen atoms in total. The Morgan fingerprint density at radius 3 is 3.00 bits per heavy atom. The molecule has 0 aromatic carbocycles. The summed E-state index contributed by atoms with van der Waals surface area (Å²) in [7, 11) is 0. The van der Waals surface area contributed by atoms with Crippen LogP contribution >= 0.6 is 0 Å². The van der Waals surface area contributed by atoms with Crippen molar-refractivity contribution in [2.45, 2.75) is 25.8 Å². The van der Waals surface area contributed by atoms with Gasteiger partial charge in [-0.15, -0.1) is 0 Å². The zero-order chi connectivity index (χ0) is 6.69. The highest BCUT2D eigenvalue weighted by Gasteiger charge is 2.19. The zero-order valence-corrected chi connectivity index (χ0v) is 5.76. The van der Waals surface area contributed by atoms with Gasteiger partial charge in [-0.1, -0.05) is 0 Å². The Kier molecular flexibility index (Phi) is 2.22. The number of aldehydes is 1. The Hall–Kier alpha value is -0.370. The molecule has 9 heavy (non-hydrogen) atoms. The standard InChI is InChI=1S/C7H13NO/c1-6-4-7(2-3-9)5-8-6/h3,6-8H,2,4-5H2,1H3. The van der Waals surface area contributed by atoms with Gasteiger partial charge < -0.3 is 10.1 Å². The van der Waals surface area contributed by atoms with Crippen molar-refractivity contribution in [2.75, 3.05) is 6.54 Å². The lowest BCUT2D eigenvalue weighted by Gasteiger charge is -1.99. The fourth-order valence-electron chi connectivity index (χ4n) is 1.35. The minimum Gasteiger partial charge on any atom is -0.314 e. The van der Waals surface area contributed by atoms with Crippen LogP contribution in [0.15, 0.2) is 0 Å². The fraction of sp³-hybridized carbons (Fsp3) is 0.857. The van der Waals surface area contributed by atoms with Gasteiger partial charge in [0, 0.05) is 12.5 Å². The third-order valence-electron chi connectivity index (χ3n) is 1.87. The summed E-state index contributed by atoms with van der Waals surface area (Å²) >= 11 is 0. The van der Waals surface area contributed by atoms with Crippen molar-refractivity contribution in [2.24, 2.45) is 5.92 Å². The summed E-state index contributed by atoms with van der Waals surface area (Å²) in [5.74, 6) is 0.609. The summed E-state index contributed by atoms with van der Waals surface area (Å²) in [4.78, 5) is 10.0. The zero-order valence-electron chi connectivity index (χ0n) is 5.76. The number of hydrogen-bond acceptors (Lipinski definition) is 2. The minimum absolute atomic E-state index is 0.609. The first-order chi connectivity index (χ1) is 4.33. The lowest BCUT2D eigenvalue weighted by Crippen LogP contribution is -2.16. The number of rotatable bonds is 2. The highest BCUT2D eigenvalue weighted by molar-refractivity contribution is 5.49. The average molecular weight is 127 g/mol. The van der Waals surface area contributed by atoms with Crippen LogP contribution in [-0.4, -0.2) is 18.9 Å². The van der Waals surface area contributed by atoms with Gasteiger partial charge in [0.05, 0.1) is 0 Å². The normalized spacial score (nSPS) is 34.8. The third-order valence-corrected chi connectivity index (χ3v) is 1.87. The molecular weight excluding hydrogens is 114 g/mol. The summed E-state index contributed by atoms with van der Waals surface area (Å²) < 4.78 is 0. The lowest BCUT2D eigenvalue weighted by molar-refractivity contribution is -0.108. The molecule has 1 aliphatic rings. The molecule has 0 aromatic heterocycles. The first kappa shape index (κ1) is 6.75. The molecule has 0 spiro atoms.